The largest absolute Gasteiger partial charge is 0.226 e. The maximum atomic E-state index is 4.10. The molecule has 0 saturated carbocycles. The van der Waals surface area contributed by atoms with Crippen LogP contribution in [0.2, 0.25) is 0 Å². The van der Waals surface area contributed by atoms with Gasteiger partial charge in [-0.25, -0.2) is 0 Å². The Morgan fingerprint density at radius 2 is 0.958 bits per heavy atom. The highest BCUT2D eigenvalue weighted by molar-refractivity contribution is 5.51. The minimum atomic E-state index is 0.476. The molecule has 0 saturated heterocycles. The molecule has 4 rings (SSSR count). The van der Waals surface area contributed by atoms with Gasteiger partial charge in [-0.1, -0.05) is 35.4 Å². The molecule has 2 aromatic carbocycles. The number of hydrogen-bond acceptors (Lipinski definition) is 6. The van der Waals surface area contributed by atoms with Crippen molar-refractivity contribution in [3.05, 3.63) is 59.7 Å². The number of aromatic nitrogens is 8. The molecule has 0 aliphatic heterocycles. The summed E-state index contributed by atoms with van der Waals surface area (Å²) < 4.78 is 3.24. The lowest BCUT2D eigenvalue weighted by molar-refractivity contribution is 0.779. The molecule has 8 nitrogen and oxygen atoms in total. The predicted molar refractivity (Wildman–Crippen MR) is 86.8 cm³/mol. The summed E-state index contributed by atoms with van der Waals surface area (Å²) in [5.74, 6) is 0.953. The van der Waals surface area contributed by atoms with Gasteiger partial charge in [-0.2, -0.15) is 9.36 Å². The van der Waals surface area contributed by atoms with Crippen molar-refractivity contribution in [1.29, 1.82) is 0 Å². The van der Waals surface area contributed by atoms with Gasteiger partial charge in [0.25, 0.3) is 0 Å². The molecule has 8 heteroatoms. The zero-order valence-corrected chi connectivity index (χ0v) is 13.2. The molecule has 2 aromatic heterocycles. The molecular formula is C16H14N8. The number of benzene rings is 2. The summed E-state index contributed by atoms with van der Waals surface area (Å²) in [6.07, 6.45) is 0. The summed E-state index contributed by atoms with van der Waals surface area (Å²) in [4.78, 5) is 0. The van der Waals surface area contributed by atoms with Gasteiger partial charge in [0.2, 0.25) is 11.6 Å². The molecule has 0 aliphatic rings. The molecule has 0 aliphatic carbocycles. The Balaban J connectivity index is 1.82. The number of nitrogens with zero attached hydrogens (tertiary/aromatic N) is 8. The molecule has 0 unspecified atom stereocenters. The van der Waals surface area contributed by atoms with Crippen LogP contribution in [-0.2, 0) is 0 Å². The first-order chi connectivity index (χ1) is 11.7. The second-order valence-electron chi connectivity index (χ2n) is 5.50. The van der Waals surface area contributed by atoms with Gasteiger partial charge in [0.05, 0.1) is 11.4 Å². The van der Waals surface area contributed by atoms with Crippen molar-refractivity contribution in [2.24, 2.45) is 0 Å². The Kier molecular flexibility index (Phi) is 3.34. The minimum Gasteiger partial charge on any atom is -0.190 e. The lowest BCUT2D eigenvalue weighted by Gasteiger charge is -2.06. The number of aryl methyl sites for hydroxylation is 2. The van der Waals surface area contributed by atoms with Gasteiger partial charge in [-0.15, -0.1) is 10.2 Å². The Bertz CT molecular complexity index is 884. The van der Waals surface area contributed by atoms with Crippen molar-refractivity contribution in [2.75, 3.05) is 0 Å². The Hall–Kier alpha value is -3.42. The first-order valence-corrected chi connectivity index (χ1v) is 7.43. The third-order valence-corrected chi connectivity index (χ3v) is 3.70. The third-order valence-electron chi connectivity index (χ3n) is 3.70. The second-order valence-corrected chi connectivity index (χ2v) is 5.50. The average Bonchev–Trinajstić information content (AvgIpc) is 3.25. The monoisotopic (exact) mass is 318 g/mol. The molecule has 0 atom stereocenters. The quantitative estimate of drug-likeness (QED) is 0.573. The molecule has 4 aromatic rings. The van der Waals surface area contributed by atoms with E-state index in [1.165, 1.54) is 0 Å². The highest BCUT2D eigenvalue weighted by Gasteiger charge is 2.19. The molecular weight excluding hydrogens is 304 g/mol. The van der Waals surface area contributed by atoms with Crippen LogP contribution in [-0.4, -0.2) is 40.4 Å². The smallest absolute Gasteiger partial charge is 0.190 e. The van der Waals surface area contributed by atoms with E-state index in [0.717, 1.165) is 22.5 Å². The van der Waals surface area contributed by atoms with E-state index in [9.17, 15) is 0 Å². The van der Waals surface area contributed by atoms with Crippen molar-refractivity contribution < 1.29 is 0 Å². The molecule has 0 amide bonds. The van der Waals surface area contributed by atoms with Gasteiger partial charge in [0, 0.05) is 0 Å². The Labute approximate surface area is 137 Å². The molecule has 2 heterocycles. The Morgan fingerprint density at radius 3 is 1.33 bits per heavy atom. The zero-order chi connectivity index (χ0) is 16.5. The fourth-order valence-electron chi connectivity index (χ4n) is 2.37. The van der Waals surface area contributed by atoms with Gasteiger partial charge < -0.3 is 0 Å². The highest BCUT2D eigenvalue weighted by Crippen LogP contribution is 2.20. The average molecular weight is 318 g/mol. The van der Waals surface area contributed by atoms with Gasteiger partial charge in [0.15, 0.2) is 0 Å². The number of hydrogen-bond donors (Lipinski definition) is 0. The fourth-order valence-corrected chi connectivity index (χ4v) is 2.37. The van der Waals surface area contributed by atoms with E-state index in [1.54, 1.807) is 9.36 Å². The standard InChI is InChI=1S/C16H14N8/c1-11-3-7-13(8-4-11)23-15(17-19-21-23)16-18-20-22-24(16)14-9-5-12(2)6-10-14/h3-10H,1-2H3. The summed E-state index contributed by atoms with van der Waals surface area (Å²) in [5, 5.41) is 23.9. The van der Waals surface area contributed by atoms with Crippen molar-refractivity contribution in [2.45, 2.75) is 13.8 Å². The van der Waals surface area contributed by atoms with Crippen molar-refractivity contribution >= 4 is 0 Å². The van der Waals surface area contributed by atoms with Crippen LogP contribution in [0.25, 0.3) is 23.0 Å². The lowest BCUT2D eigenvalue weighted by atomic mass is 10.2. The summed E-state index contributed by atoms with van der Waals surface area (Å²) in [7, 11) is 0. The molecule has 24 heavy (non-hydrogen) atoms. The van der Waals surface area contributed by atoms with Gasteiger partial charge in [0.1, 0.15) is 0 Å². The van der Waals surface area contributed by atoms with Crippen LogP contribution in [0.3, 0.4) is 0 Å². The van der Waals surface area contributed by atoms with Crippen LogP contribution in [0.1, 0.15) is 11.1 Å². The predicted octanol–water partition coefficient (Wildman–Crippen LogP) is 1.92. The maximum Gasteiger partial charge on any atom is 0.226 e. The summed E-state index contributed by atoms with van der Waals surface area (Å²) in [6, 6.07) is 15.8. The summed E-state index contributed by atoms with van der Waals surface area (Å²) >= 11 is 0. The van der Waals surface area contributed by atoms with Crippen LogP contribution < -0.4 is 0 Å². The topological polar surface area (TPSA) is 87.2 Å². The third kappa shape index (κ3) is 2.43. The maximum absolute atomic E-state index is 4.10. The first kappa shape index (κ1) is 14.2. The highest BCUT2D eigenvalue weighted by atomic mass is 15.6. The summed E-state index contributed by atoms with van der Waals surface area (Å²) in [6.45, 7) is 4.06. The molecule has 118 valence electrons. The lowest BCUT2D eigenvalue weighted by Crippen LogP contribution is -2.06. The van der Waals surface area contributed by atoms with Crippen molar-refractivity contribution in [3.63, 3.8) is 0 Å². The van der Waals surface area contributed by atoms with Crippen molar-refractivity contribution in [1.82, 2.24) is 40.4 Å². The van der Waals surface area contributed by atoms with Crippen LogP contribution >= 0.6 is 0 Å². The van der Waals surface area contributed by atoms with E-state index in [0.29, 0.717) is 11.6 Å². The first-order valence-electron chi connectivity index (χ1n) is 7.43. The molecule has 0 N–H and O–H groups in total. The van der Waals surface area contributed by atoms with E-state index in [2.05, 4.69) is 31.1 Å². The van der Waals surface area contributed by atoms with Gasteiger partial charge in [-0.3, -0.25) is 0 Å². The zero-order valence-electron chi connectivity index (χ0n) is 13.2. The van der Waals surface area contributed by atoms with Gasteiger partial charge >= 0.3 is 0 Å². The summed E-state index contributed by atoms with van der Waals surface area (Å²) in [5.41, 5.74) is 4.02. The van der Waals surface area contributed by atoms with Crippen molar-refractivity contribution in [3.8, 4) is 23.0 Å². The number of tetrazole rings is 2. The minimum absolute atomic E-state index is 0.476. The van der Waals surface area contributed by atoms with Crippen LogP contribution in [0, 0.1) is 13.8 Å². The van der Waals surface area contributed by atoms with Crippen LogP contribution in [0.5, 0.6) is 0 Å². The molecule has 0 spiro atoms. The van der Waals surface area contributed by atoms with Gasteiger partial charge in [-0.05, 0) is 59.0 Å². The number of rotatable bonds is 3. The van der Waals surface area contributed by atoms with E-state index in [-0.39, 0.29) is 0 Å². The van der Waals surface area contributed by atoms with E-state index in [4.69, 9.17) is 0 Å². The van der Waals surface area contributed by atoms with E-state index < -0.39 is 0 Å². The fraction of sp³-hybridized carbons (Fsp3) is 0.125. The second kappa shape index (κ2) is 5.65. The SMILES string of the molecule is Cc1ccc(-n2nnnc2-c2nnnn2-c2ccc(C)cc2)cc1. The molecule has 0 radical (unpaired) electrons. The van der Waals surface area contributed by atoms with Crippen LogP contribution in [0.4, 0.5) is 0 Å². The van der Waals surface area contributed by atoms with Crippen LogP contribution in [0.15, 0.2) is 48.5 Å². The van der Waals surface area contributed by atoms with E-state index >= 15 is 0 Å². The molecule has 0 fully saturated rings. The normalized spacial score (nSPS) is 10.9. The Morgan fingerprint density at radius 1 is 0.583 bits per heavy atom. The van der Waals surface area contributed by atoms with E-state index in [1.807, 2.05) is 62.4 Å². The molecule has 0 bridgehead atoms.